The van der Waals surface area contributed by atoms with E-state index in [0.717, 1.165) is 6.33 Å². The lowest BCUT2D eigenvalue weighted by molar-refractivity contribution is 0.463. The van der Waals surface area contributed by atoms with Crippen LogP contribution in [0.15, 0.2) is 41.6 Å². The molecule has 0 atom stereocenters. The van der Waals surface area contributed by atoms with Crippen LogP contribution >= 0.6 is 0 Å². The molecule has 0 fully saturated rings. The maximum Gasteiger partial charge on any atom is 0.341 e. The van der Waals surface area contributed by atoms with Gasteiger partial charge in [0.2, 0.25) is 5.95 Å². The van der Waals surface area contributed by atoms with Gasteiger partial charge in [-0.05, 0) is 12.1 Å². The highest BCUT2D eigenvalue weighted by Crippen LogP contribution is 2.13. The molecule has 0 unspecified atom stereocenters. The van der Waals surface area contributed by atoms with Gasteiger partial charge >= 0.3 is 16.1 Å². The summed E-state index contributed by atoms with van der Waals surface area (Å²) in [7, 11) is -3.94. The van der Waals surface area contributed by atoms with Gasteiger partial charge in [-0.25, -0.2) is 4.98 Å². The van der Waals surface area contributed by atoms with Crippen molar-refractivity contribution in [1.29, 1.82) is 0 Å². The molecule has 17 heavy (non-hydrogen) atoms. The third-order valence-electron chi connectivity index (χ3n) is 1.78. The topological polar surface area (TPSA) is 108 Å². The minimum Gasteiger partial charge on any atom is -0.368 e. The van der Waals surface area contributed by atoms with Gasteiger partial charge in [0.25, 0.3) is 0 Å². The maximum atomic E-state index is 11.7. The van der Waals surface area contributed by atoms with E-state index in [1.54, 1.807) is 18.2 Å². The fraction of sp³-hybridized carbons (Fsp3) is 0. The molecule has 0 spiro atoms. The van der Waals surface area contributed by atoms with Gasteiger partial charge in [-0.15, -0.1) is 0 Å². The maximum absolute atomic E-state index is 11.7. The zero-order valence-corrected chi connectivity index (χ0v) is 9.33. The average molecular weight is 252 g/mol. The molecule has 0 amide bonds. The normalized spacial score (nSPS) is 11.1. The number of rotatable bonds is 3. The van der Waals surface area contributed by atoms with E-state index in [9.17, 15) is 8.42 Å². The van der Waals surface area contributed by atoms with Crippen LogP contribution in [0.3, 0.4) is 0 Å². The molecule has 0 aliphatic rings. The Kier molecular flexibility index (Phi) is 2.88. The van der Waals surface area contributed by atoms with Crippen LogP contribution in [0.2, 0.25) is 0 Å². The zero-order chi connectivity index (χ0) is 12.3. The second-order valence-corrected chi connectivity index (χ2v) is 4.52. The van der Waals surface area contributed by atoms with Crippen molar-refractivity contribution in [1.82, 2.24) is 15.0 Å². The van der Waals surface area contributed by atoms with Gasteiger partial charge in [0, 0.05) is 0 Å². The number of aromatic nitrogens is 3. The summed E-state index contributed by atoms with van der Waals surface area (Å²) in [5, 5.41) is 0. The summed E-state index contributed by atoms with van der Waals surface area (Å²) in [6.45, 7) is 0. The van der Waals surface area contributed by atoms with E-state index in [2.05, 4.69) is 15.0 Å². The highest BCUT2D eigenvalue weighted by Gasteiger charge is 2.17. The summed E-state index contributed by atoms with van der Waals surface area (Å²) in [5.41, 5.74) is 5.28. The summed E-state index contributed by atoms with van der Waals surface area (Å²) in [4.78, 5) is 10.6. The first-order valence-electron chi connectivity index (χ1n) is 4.52. The van der Waals surface area contributed by atoms with Crippen molar-refractivity contribution in [3.05, 3.63) is 36.7 Å². The molecule has 1 heterocycles. The van der Waals surface area contributed by atoms with Crippen molar-refractivity contribution in [3.8, 4) is 6.01 Å². The van der Waals surface area contributed by atoms with Crippen LogP contribution in [0, 0.1) is 0 Å². The molecule has 8 heteroatoms. The fourth-order valence-electron chi connectivity index (χ4n) is 1.07. The second-order valence-electron chi connectivity index (χ2n) is 2.98. The van der Waals surface area contributed by atoms with Crippen LogP contribution in [0.4, 0.5) is 5.95 Å². The molecule has 0 aliphatic heterocycles. The van der Waals surface area contributed by atoms with E-state index >= 15 is 0 Å². The molecule has 1 aromatic heterocycles. The Morgan fingerprint density at radius 2 is 1.82 bits per heavy atom. The molecular formula is C9H8N4O3S. The van der Waals surface area contributed by atoms with Crippen LogP contribution in [0.5, 0.6) is 6.01 Å². The van der Waals surface area contributed by atoms with Crippen molar-refractivity contribution in [2.75, 3.05) is 5.73 Å². The van der Waals surface area contributed by atoms with Gasteiger partial charge in [-0.2, -0.15) is 18.4 Å². The number of anilines is 1. The molecule has 2 N–H and O–H groups in total. The Morgan fingerprint density at radius 3 is 2.47 bits per heavy atom. The third kappa shape index (κ3) is 2.67. The summed E-state index contributed by atoms with van der Waals surface area (Å²) in [6.07, 6.45) is 1.07. The predicted molar refractivity (Wildman–Crippen MR) is 58.5 cm³/mol. The molecule has 0 saturated heterocycles. The molecule has 88 valence electrons. The number of hydrogen-bond donors (Lipinski definition) is 1. The van der Waals surface area contributed by atoms with Crippen molar-refractivity contribution >= 4 is 16.1 Å². The Morgan fingerprint density at radius 1 is 1.12 bits per heavy atom. The quantitative estimate of drug-likeness (QED) is 0.778. The highest BCUT2D eigenvalue weighted by atomic mass is 32.2. The van der Waals surface area contributed by atoms with E-state index in [4.69, 9.17) is 9.92 Å². The van der Waals surface area contributed by atoms with Crippen LogP contribution in [-0.2, 0) is 10.1 Å². The summed E-state index contributed by atoms with van der Waals surface area (Å²) < 4.78 is 28.2. The van der Waals surface area contributed by atoms with Crippen molar-refractivity contribution in [2.24, 2.45) is 0 Å². The summed E-state index contributed by atoms with van der Waals surface area (Å²) >= 11 is 0. The van der Waals surface area contributed by atoms with E-state index < -0.39 is 10.1 Å². The Hall–Kier alpha value is -2.22. The molecule has 0 aliphatic carbocycles. The fourth-order valence-corrected chi connectivity index (χ4v) is 1.93. The third-order valence-corrected chi connectivity index (χ3v) is 3.00. The van der Waals surface area contributed by atoms with E-state index in [1.165, 1.54) is 12.1 Å². The van der Waals surface area contributed by atoms with Gasteiger partial charge in [0.15, 0.2) is 0 Å². The average Bonchev–Trinajstić information content (AvgIpc) is 2.29. The van der Waals surface area contributed by atoms with Gasteiger partial charge < -0.3 is 9.92 Å². The molecule has 0 bridgehead atoms. The number of nitrogen functional groups attached to an aromatic ring is 1. The smallest absolute Gasteiger partial charge is 0.341 e. The van der Waals surface area contributed by atoms with Crippen molar-refractivity contribution < 1.29 is 12.6 Å². The first kappa shape index (κ1) is 11.3. The van der Waals surface area contributed by atoms with E-state index in [1.807, 2.05) is 0 Å². The Labute approximate surface area is 97.4 Å². The van der Waals surface area contributed by atoms with Crippen LogP contribution < -0.4 is 9.92 Å². The minimum atomic E-state index is -3.94. The SMILES string of the molecule is Nc1ncnc(OS(=O)(=O)c2ccccc2)n1. The Balaban J connectivity index is 2.30. The van der Waals surface area contributed by atoms with Crippen LogP contribution in [0.1, 0.15) is 0 Å². The molecule has 0 saturated carbocycles. The number of nitrogens with two attached hydrogens (primary N) is 1. The van der Waals surface area contributed by atoms with Gasteiger partial charge in [-0.1, -0.05) is 18.2 Å². The van der Waals surface area contributed by atoms with E-state index in [-0.39, 0.29) is 16.9 Å². The second kappa shape index (κ2) is 4.34. The zero-order valence-electron chi connectivity index (χ0n) is 8.52. The number of nitrogens with zero attached hydrogens (tertiary/aromatic N) is 3. The summed E-state index contributed by atoms with van der Waals surface area (Å²) in [6, 6.07) is 7.30. The molecule has 2 aromatic rings. The van der Waals surface area contributed by atoms with E-state index in [0.29, 0.717) is 0 Å². The predicted octanol–water partition coefficient (Wildman–Crippen LogP) is 0.221. The molecule has 0 radical (unpaired) electrons. The molecule has 2 rings (SSSR count). The minimum absolute atomic E-state index is 0.0129. The van der Waals surface area contributed by atoms with Gasteiger partial charge in [0.1, 0.15) is 11.2 Å². The number of benzene rings is 1. The van der Waals surface area contributed by atoms with Crippen molar-refractivity contribution in [2.45, 2.75) is 4.90 Å². The van der Waals surface area contributed by atoms with Crippen LogP contribution in [0.25, 0.3) is 0 Å². The van der Waals surface area contributed by atoms with Gasteiger partial charge in [-0.3, -0.25) is 0 Å². The lowest BCUT2D eigenvalue weighted by atomic mass is 10.4. The molecule has 1 aromatic carbocycles. The summed E-state index contributed by atoms with van der Waals surface area (Å²) in [5.74, 6) is -0.113. The lowest BCUT2D eigenvalue weighted by Gasteiger charge is -2.04. The molecule has 7 nitrogen and oxygen atoms in total. The van der Waals surface area contributed by atoms with Gasteiger partial charge in [0.05, 0.1) is 0 Å². The van der Waals surface area contributed by atoms with Crippen LogP contribution in [-0.4, -0.2) is 23.4 Å². The number of hydrogen-bond acceptors (Lipinski definition) is 7. The Bertz CT molecular complexity index is 615. The highest BCUT2D eigenvalue weighted by molar-refractivity contribution is 7.87. The standard InChI is InChI=1S/C9H8N4O3S/c10-8-11-6-12-9(13-8)16-17(14,15)7-4-2-1-3-5-7/h1-6H,(H2,10,11,12,13). The van der Waals surface area contributed by atoms with Crippen molar-refractivity contribution in [3.63, 3.8) is 0 Å². The largest absolute Gasteiger partial charge is 0.368 e. The monoisotopic (exact) mass is 252 g/mol. The first-order chi connectivity index (χ1) is 8.08. The molecular weight excluding hydrogens is 244 g/mol. The first-order valence-corrected chi connectivity index (χ1v) is 5.93. The lowest BCUT2D eigenvalue weighted by Crippen LogP contribution is -2.12.